The van der Waals surface area contributed by atoms with Gasteiger partial charge < -0.3 is 10.0 Å². The van der Waals surface area contributed by atoms with Gasteiger partial charge in [0, 0.05) is 36.5 Å². The number of hydrogen-bond donors (Lipinski definition) is 1. The van der Waals surface area contributed by atoms with Gasteiger partial charge in [0.1, 0.15) is 0 Å². The maximum atomic E-state index is 12.5. The van der Waals surface area contributed by atoms with Crippen molar-refractivity contribution in [1.82, 2.24) is 4.90 Å². The number of likely N-dealkylation sites (tertiary alicyclic amines) is 1. The number of rotatable bonds is 7. The average molecular weight is 553 g/mol. The molecule has 198 valence electrons. The lowest BCUT2D eigenvalue weighted by Gasteiger charge is -2.41. The summed E-state index contributed by atoms with van der Waals surface area (Å²) in [6.07, 6.45) is 9.08. The lowest BCUT2D eigenvalue weighted by Crippen LogP contribution is -2.49. The minimum absolute atomic E-state index is 0.193. The highest BCUT2D eigenvalue weighted by Crippen LogP contribution is 2.64. The van der Waals surface area contributed by atoms with Gasteiger partial charge in [0.15, 0.2) is 0 Å². The maximum Gasteiger partial charge on any atom is 0.335 e. The Morgan fingerprint density at radius 3 is 2.61 bits per heavy atom. The van der Waals surface area contributed by atoms with Crippen LogP contribution in [-0.4, -0.2) is 47.7 Å². The molecule has 1 spiro atoms. The Kier molecular flexibility index (Phi) is 7.00. The van der Waals surface area contributed by atoms with Crippen LogP contribution >= 0.6 is 23.2 Å². The molecule has 4 aliphatic rings. The van der Waals surface area contributed by atoms with E-state index in [2.05, 4.69) is 35.2 Å². The van der Waals surface area contributed by atoms with E-state index in [0.717, 1.165) is 71.8 Å². The Morgan fingerprint density at radius 2 is 1.89 bits per heavy atom. The molecule has 2 atom stereocenters. The third-order valence-electron chi connectivity index (χ3n) is 8.78. The fraction of sp³-hybridized carbons (Fsp3) is 0.406. The van der Waals surface area contributed by atoms with E-state index >= 15 is 0 Å². The second kappa shape index (κ2) is 10.3. The molecule has 38 heavy (non-hydrogen) atoms. The molecular weight excluding hydrogens is 520 g/mol. The molecular formula is C32H32Cl2FNO2. The van der Waals surface area contributed by atoms with Crippen LogP contribution in [0.25, 0.3) is 5.57 Å². The Hall–Kier alpha value is -2.40. The second-order valence-corrected chi connectivity index (χ2v) is 12.3. The number of benzene rings is 2. The summed E-state index contributed by atoms with van der Waals surface area (Å²) in [5.41, 5.74) is 8.85. The van der Waals surface area contributed by atoms with Gasteiger partial charge >= 0.3 is 5.97 Å². The smallest absolute Gasteiger partial charge is 0.335 e. The van der Waals surface area contributed by atoms with Gasteiger partial charge in [0.25, 0.3) is 0 Å². The van der Waals surface area contributed by atoms with Crippen molar-refractivity contribution < 1.29 is 14.3 Å². The van der Waals surface area contributed by atoms with Crippen molar-refractivity contribution in [3.63, 3.8) is 0 Å². The Bertz CT molecular complexity index is 1350. The van der Waals surface area contributed by atoms with E-state index in [9.17, 15) is 14.3 Å². The molecule has 0 amide bonds. The summed E-state index contributed by atoms with van der Waals surface area (Å²) < 4.78 is 12.5. The molecule has 2 unspecified atom stereocenters. The predicted molar refractivity (Wildman–Crippen MR) is 152 cm³/mol. The van der Waals surface area contributed by atoms with Crippen LogP contribution in [0.4, 0.5) is 4.39 Å². The highest BCUT2D eigenvalue weighted by molar-refractivity contribution is 6.31. The molecule has 1 saturated carbocycles. The maximum absolute atomic E-state index is 12.5. The molecule has 2 aromatic carbocycles. The highest BCUT2D eigenvalue weighted by Gasteiger charge is 2.61. The molecule has 2 fully saturated rings. The van der Waals surface area contributed by atoms with Crippen molar-refractivity contribution in [3.8, 4) is 0 Å². The number of aryl methyl sites for hydroxylation is 1. The van der Waals surface area contributed by atoms with E-state index in [1.165, 1.54) is 17.6 Å². The van der Waals surface area contributed by atoms with Crippen molar-refractivity contribution in [1.29, 1.82) is 0 Å². The topological polar surface area (TPSA) is 40.5 Å². The summed E-state index contributed by atoms with van der Waals surface area (Å²) in [5.74, 6) is -0.327. The van der Waals surface area contributed by atoms with E-state index in [0.29, 0.717) is 29.7 Å². The molecule has 0 aromatic heterocycles. The van der Waals surface area contributed by atoms with E-state index in [1.807, 2.05) is 18.2 Å². The van der Waals surface area contributed by atoms with Crippen LogP contribution in [0.15, 0.2) is 70.8 Å². The molecule has 0 radical (unpaired) electrons. The molecule has 1 N–H and O–H groups in total. The number of halogens is 3. The minimum atomic E-state index is -0.902. The molecule has 1 heterocycles. The lowest BCUT2D eigenvalue weighted by atomic mass is 9.84. The third kappa shape index (κ3) is 4.76. The van der Waals surface area contributed by atoms with Gasteiger partial charge in [-0.05, 0) is 95.2 Å². The van der Waals surface area contributed by atoms with Crippen molar-refractivity contribution >= 4 is 34.7 Å². The molecule has 1 aliphatic heterocycles. The van der Waals surface area contributed by atoms with Crippen LogP contribution in [0.2, 0.25) is 0 Å². The largest absolute Gasteiger partial charge is 0.478 e. The molecule has 6 rings (SSSR count). The number of aromatic carboxylic acids is 1. The summed E-state index contributed by atoms with van der Waals surface area (Å²) >= 11 is 13.1. The fourth-order valence-corrected chi connectivity index (χ4v) is 7.47. The SMILES string of the molecule is O=C(O)c1ccc2c(c1)CCCC(C1=CC=C(Cl)CC1Cl)=C2c1ccc(C2CC23CN(CCCF)C3)cc1. The van der Waals surface area contributed by atoms with Gasteiger partial charge in [-0.3, -0.25) is 4.39 Å². The fourth-order valence-electron chi connectivity index (χ4n) is 6.80. The number of hydrogen-bond acceptors (Lipinski definition) is 2. The predicted octanol–water partition coefficient (Wildman–Crippen LogP) is 7.73. The normalized spacial score (nSPS) is 24.3. The van der Waals surface area contributed by atoms with Crippen LogP contribution in [0.5, 0.6) is 0 Å². The minimum Gasteiger partial charge on any atom is -0.478 e. The number of alkyl halides is 2. The number of allylic oxidation sites excluding steroid dienone is 5. The van der Waals surface area contributed by atoms with Gasteiger partial charge in [-0.1, -0.05) is 48.0 Å². The van der Waals surface area contributed by atoms with Crippen LogP contribution in [0.3, 0.4) is 0 Å². The number of carboxylic acids is 1. The Morgan fingerprint density at radius 1 is 1.11 bits per heavy atom. The van der Waals surface area contributed by atoms with E-state index < -0.39 is 5.97 Å². The van der Waals surface area contributed by atoms with Crippen molar-refractivity contribution in [2.75, 3.05) is 26.3 Å². The molecule has 2 aromatic rings. The Labute approximate surface area is 233 Å². The first-order valence-electron chi connectivity index (χ1n) is 13.6. The molecule has 6 heteroatoms. The zero-order valence-electron chi connectivity index (χ0n) is 21.4. The van der Waals surface area contributed by atoms with E-state index in [4.69, 9.17) is 23.2 Å². The van der Waals surface area contributed by atoms with Crippen LogP contribution in [-0.2, 0) is 6.42 Å². The first kappa shape index (κ1) is 25.9. The van der Waals surface area contributed by atoms with E-state index in [-0.39, 0.29) is 12.1 Å². The summed E-state index contributed by atoms with van der Waals surface area (Å²) in [6.45, 7) is 2.78. The monoisotopic (exact) mass is 551 g/mol. The third-order valence-corrected chi connectivity index (χ3v) is 9.45. The van der Waals surface area contributed by atoms with Crippen LogP contribution in [0, 0.1) is 5.41 Å². The summed E-state index contributed by atoms with van der Waals surface area (Å²) in [4.78, 5) is 14.1. The zero-order chi connectivity index (χ0) is 26.4. The van der Waals surface area contributed by atoms with Crippen molar-refractivity contribution in [3.05, 3.63) is 98.6 Å². The van der Waals surface area contributed by atoms with E-state index in [1.54, 1.807) is 6.07 Å². The van der Waals surface area contributed by atoms with Gasteiger partial charge in [0.05, 0.1) is 17.6 Å². The molecule has 1 saturated heterocycles. The number of nitrogens with zero attached hydrogens (tertiary/aromatic N) is 1. The van der Waals surface area contributed by atoms with Crippen LogP contribution < -0.4 is 0 Å². The molecule has 3 aliphatic carbocycles. The van der Waals surface area contributed by atoms with Crippen molar-refractivity contribution in [2.45, 2.75) is 49.8 Å². The lowest BCUT2D eigenvalue weighted by molar-refractivity contribution is 0.0696. The first-order chi connectivity index (χ1) is 18.4. The number of carbonyl (C=O) groups is 1. The first-order valence-corrected chi connectivity index (χ1v) is 14.4. The standard InChI is InChI=1S/C32H32Cl2FNO2/c33-24-10-12-26(29(34)16-24)27-4-1-3-22-15-23(31(37)38)9-11-25(22)30(27)21-7-5-20(6-8-21)28-17-32(28)18-36(19-32)14-2-13-35/h5-12,15,28-29H,1-4,13-14,16-19H2,(H,37,38). The summed E-state index contributed by atoms with van der Waals surface area (Å²) in [7, 11) is 0. The second-order valence-electron chi connectivity index (χ2n) is 11.3. The number of carboxylic acid groups (broad SMARTS) is 1. The van der Waals surface area contributed by atoms with Crippen LogP contribution in [0.1, 0.15) is 70.6 Å². The summed E-state index contributed by atoms with van der Waals surface area (Å²) in [6, 6.07) is 14.5. The van der Waals surface area contributed by atoms with Gasteiger partial charge in [0.2, 0.25) is 0 Å². The quantitative estimate of drug-likeness (QED) is 0.358. The molecule has 0 bridgehead atoms. The zero-order valence-corrected chi connectivity index (χ0v) is 22.9. The average Bonchev–Trinajstić information content (AvgIpc) is 3.65. The summed E-state index contributed by atoms with van der Waals surface area (Å²) in [5, 5.41) is 10.2. The van der Waals surface area contributed by atoms with Crippen molar-refractivity contribution in [2.24, 2.45) is 5.41 Å². The molecule has 3 nitrogen and oxygen atoms in total. The van der Waals surface area contributed by atoms with Gasteiger partial charge in [-0.25, -0.2) is 4.79 Å². The van der Waals surface area contributed by atoms with Gasteiger partial charge in [-0.15, -0.1) is 11.6 Å². The Balaban J connectivity index is 1.36. The van der Waals surface area contributed by atoms with Gasteiger partial charge in [-0.2, -0.15) is 0 Å². The highest BCUT2D eigenvalue weighted by atomic mass is 35.5. The number of fused-ring (bicyclic) bond motifs is 1.